The van der Waals surface area contributed by atoms with Crippen molar-refractivity contribution in [2.24, 2.45) is 0 Å². The number of hydrogen-bond donors (Lipinski definition) is 1. The van der Waals surface area contributed by atoms with Crippen LogP contribution in [-0.2, 0) is 14.3 Å². The van der Waals surface area contributed by atoms with Crippen LogP contribution < -0.4 is 19.7 Å². The molecule has 0 radical (unpaired) electrons. The summed E-state index contributed by atoms with van der Waals surface area (Å²) in [4.78, 5) is 39.0. The minimum Gasteiger partial charge on any atom is -0.493 e. The largest absolute Gasteiger partial charge is 0.493 e. The quantitative estimate of drug-likeness (QED) is 0.521. The van der Waals surface area contributed by atoms with Gasteiger partial charge in [0.25, 0.3) is 5.91 Å². The third-order valence-corrected chi connectivity index (χ3v) is 5.06. The van der Waals surface area contributed by atoms with Crippen LogP contribution in [0.2, 0.25) is 0 Å². The van der Waals surface area contributed by atoms with Crippen molar-refractivity contribution in [1.82, 2.24) is 0 Å². The molecule has 0 atom stereocenters. The summed E-state index contributed by atoms with van der Waals surface area (Å²) in [6.45, 7) is 3.10. The van der Waals surface area contributed by atoms with Gasteiger partial charge in [0.15, 0.2) is 18.1 Å². The summed E-state index contributed by atoms with van der Waals surface area (Å²) in [7, 11) is 2.87. The van der Waals surface area contributed by atoms with Crippen molar-refractivity contribution in [2.75, 3.05) is 37.6 Å². The van der Waals surface area contributed by atoms with Gasteiger partial charge in [-0.2, -0.15) is 0 Å². The molecule has 8 heteroatoms. The molecule has 2 amide bonds. The molecule has 0 aliphatic rings. The first-order valence-electron chi connectivity index (χ1n) is 10.4. The zero-order valence-electron chi connectivity index (χ0n) is 19.0. The monoisotopic (exact) mass is 450 g/mol. The molecule has 0 aliphatic heterocycles. The molecule has 0 bridgehead atoms. The predicted molar refractivity (Wildman–Crippen MR) is 126 cm³/mol. The van der Waals surface area contributed by atoms with E-state index in [2.05, 4.69) is 5.32 Å². The predicted octanol–water partition coefficient (Wildman–Crippen LogP) is 4.03. The molecule has 0 saturated heterocycles. The number of carbonyl (C=O) groups is 3. The Kier molecular flexibility index (Phi) is 7.50. The fraction of sp³-hybridized carbons (Fsp3) is 0.240. The SMILES string of the molecule is CCN(C(=O)COC(=O)c1cc(OC)c(OC)cc1NC(C)=O)c1cccc2ccccc12. The van der Waals surface area contributed by atoms with Crippen LogP contribution >= 0.6 is 0 Å². The molecule has 1 N–H and O–H groups in total. The van der Waals surface area contributed by atoms with Gasteiger partial charge in [0.05, 0.1) is 31.2 Å². The number of anilines is 2. The van der Waals surface area contributed by atoms with E-state index in [4.69, 9.17) is 14.2 Å². The second-order valence-corrected chi connectivity index (χ2v) is 7.15. The first-order valence-corrected chi connectivity index (χ1v) is 10.4. The number of rotatable bonds is 8. The summed E-state index contributed by atoms with van der Waals surface area (Å²) in [6.07, 6.45) is 0. The second kappa shape index (κ2) is 10.5. The number of hydrogen-bond acceptors (Lipinski definition) is 6. The zero-order valence-corrected chi connectivity index (χ0v) is 19.0. The van der Waals surface area contributed by atoms with Crippen LogP contribution in [0.5, 0.6) is 11.5 Å². The zero-order chi connectivity index (χ0) is 24.0. The Morgan fingerprint density at radius 1 is 0.939 bits per heavy atom. The third kappa shape index (κ3) is 5.23. The van der Waals surface area contributed by atoms with Crippen LogP contribution in [0.3, 0.4) is 0 Å². The Labute approximate surface area is 192 Å². The van der Waals surface area contributed by atoms with Crippen LogP contribution in [0.1, 0.15) is 24.2 Å². The van der Waals surface area contributed by atoms with E-state index in [-0.39, 0.29) is 28.8 Å². The third-order valence-electron chi connectivity index (χ3n) is 5.06. The molecule has 0 unspecified atom stereocenters. The van der Waals surface area contributed by atoms with E-state index in [1.165, 1.54) is 33.3 Å². The molecule has 0 aliphatic carbocycles. The highest BCUT2D eigenvalue weighted by molar-refractivity contribution is 6.06. The van der Waals surface area contributed by atoms with Crippen LogP contribution in [0.25, 0.3) is 10.8 Å². The number of ether oxygens (including phenoxy) is 3. The van der Waals surface area contributed by atoms with Crippen molar-refractivity contribution < 1.29 is 28.6 Å². The summed E-state index contributed by atoms with van der Waals surface area (Å²) in [5.74, 6) is -0.899. The molecular formula is C25H26N2O6. The standard InChI is InChI=1S/C25H26N2O6/c1-5-27(21-12-8-10-17-9-6-7-11-18(17)21)24(29)15-33-25(30)19-13-22(31-3)23(32-4)14-20(19)26-16(2)28/h6-14H,5,15H2,1-4H3,(H,26,28). The summed E-state index contributed by atoms with van der Waals surface area (Å²) in [6, 6.07) is 16.3. The average Bonchev–Trinajstić information content (AvgIpc) is 2.82. The Morgan fingerprint density at radius 3 is 2.27 bits per heavy atom. The molecule has 0 aromatic heterocycles. The normalized spacial score (nSPS) is 10.4. The Bertz CT molecular complexity index is 1190. The Balaban J connectivity index is 1.83. The summed E-state index contributed by atoms with van der Waals surface area (Å²) >= 11 is 0. The number of carbonyl (C=O) groups excluding carboxylic acids is 3. The number of nitrogens with one attached hydrogen (secondary N) is 1. The van der Waals surface area contributed by atoms with Gasteiger partial charge in [-0.15, -0.1) is 0 Å². The summed E-state index contributed by atoms with van der Waals surface area (Å²) < 4.78 is 15.8. The van der Waals surface area contributed by atoms with Gasteiger partial charge in [0.2, 0.25) is 5.91 Å². The molecule has 3 aromatic rings. The molecule has 0 fully saturated rings. The maximum atomic E-state index is 13.0. The molecule has 172 valence electrons. The first kappa shape index (κ1) is 23.6. The molecule has 3 rings (SSSR count). The fourth-order valence-electron chi connectivity index (χ4n) is 3.55. The number of esters is 1. The van der Waals surface area contributed by atoms with Crippen LogP contribution in [-0.4, -0.2) is 45.2 Å². The van der Waals surface area contributed by atoms with Crippen molar-refractivity contribution in [3.05, 3.63) is 60.2 Å². The number of likely N-dealkylation sites (N-methyl/N-ethyl adjacent to an activating group) is 1. The van der Waals surface area contributed by atoms with Crippen LogP contribution in [0.4, 0.5) is 11.4 Å². The van der Waals surface area contributed by atoms with Gasteiger partial charge in [0, 0.05) is 31.0 Å². The van der Waals surface area contributed by atoms with Crippen molar-refractivity contribution in [2.45, 2.75) is 13.8 Å². The highest BCUT2D eigenvalue weighted by Gasteiger charge is 2.22. The lowest BCUT2D eigenvalue weighted by Gasteiger charge is -2.23. The summed E-state index contributed by atoms with van der Waals surface area (Å²) in [5.41, 5.74) is 0.976. The Hall–Kier alpha value is -4.07. The maximum absolute atomic E-state index is 13.0. The Morgan fingerprint density at radius 2 is 1.61 bits per heavy atom. The van der Waals surface area contributed by atoms with Gasteiger partial charge in [-0.25, -0.2) is 4.79 Å². The highest BCUT2D eigenvalue weighted by Crippen LogP contribution is 2.34. The number of amides is 2. The van der Waals surface area contributed by atoms with E-state index >= 15 is 0 Å². The van der Waals surface area contributed by atoms with E-state index in [0.717, 1.165) is 16.5 Å². The fourth-order valence-corrected chi connectivity index (χ4v) is 3.55. The topological polar surface area (TPSA) is 94.2 Å². The molecule has 8 nitrogen and oxygen atoms in total. The van der Waals surface area contributed by atoms with E-state index in [1.807, 2.05) is 49.4 Å². The number of benzene rings is 3. The lowest BCUT2D eigenvalue weighted by molar-refractivity contribution is -0.121. The van der Waals surface area contributed by atoms with Crippen molar-refractivity contribution in [3.8, 4) is 11.5 Å². The van der Waals surface area contributed by atoms with Crippen molar-refractivity contribution >= 4 is 39.9 Å². The van der Waals surface area contributed by atoms with Gasteiger partial charge in [0.1, 0.15) is 0 Å². The van der Waals surface area contributed by atoms with Crippen molar-refractivity contribution in [3.63, 3.8) is 0 Å². The maximum Gasteiger partial charge on any atom is 0.340 e. The van der Waals surface area contributed by atoms with Gasteiger partial charge in [-0.05, 0) is 18.4 Å². The molecular weight excluding hydrogens is 424 g/mol. The van der Waals surface area contributed by atoms with Gasteiger partial charge < -0.3 is 24.4 Å². The minimum atomic E-state index is -0.776. The van der Waals surface area contributed by atoms with Crippen LogP contribution in [0.15, 0.2) is 54.6 Å². The molecule has 0 saturated carbocycles. The van der Waals surface area contributed by atoms with Gasteiger partial charge >= 0.3 is 5.97 Å². The molecule has 0 spiro atoms. The van der Waals surface area contributed by atoms with E-state index in [0.29, 0.717) is 12.3 Å². The average molecular weight is 450 g/mol. The minimum absolute atomic E-state index is 0.0452. The van der Waals surface area contributed by atoms with Crippen molar-refractivity contribution in [1.29, 1.82) is 0 Å². The second-order valence-electron chi connectivity index (χ2n) is 7.15. The van der Waals surface area contributed by atoms with Gasteiger partial charge in [-0.1, -0.05) is 36.4 Å². The lowest BCUT2D eigenvalue weighted by atomic mass is 10.1. The smallest absolute Gasteiger partial charge is 0.340 e. The van der Waals surface area contributed by atoms with Gasteiger partial charge in [-0.3, -0.25) is 9.59 Å². The summed E-state index contributed by atoms with van der Waals surface area (Å²) in [5, 5.41) is 4.51. The molecule has 3 aromatic carbocycles. The number of fused-ring (bicyclic) bond motifs is 1. The lowest BCUT2D eigenvalue weighted by Crippen LogP contribution is -2.34. The van der Waals surface area contributed by atoms with Crippen LogP contribution in [0, 0.1) is 0 Å². The van der Waals surface area contributed by atoms with E-state index < -0.39 is 12.6 Å². The molecule has 0 heterocycles. The number of nitrogens with zero attached hydrogens (tertiary/aromatic N) is 1. The number of methoxy groups -OCH3 is 2. The molecule has 33 heavy (non-hydrogen) atoms. The highest BCUT2D eigenvalue weighted by atomic mass is 16.5. The van der Waals surface area contributed by atoms with E-state index in [9.17, 15) is 14.4 Å². The van der Waals surface area contributed by atoms with E-state index in [1.54, 1.807) is 4.90 Å². The first-order chi connectivity index (χ1) is 15.9.